The summed E-state index contributed by atoms with van der Waals surface area (Å²) in [6, 6.07) is 9.60. The minimum absolute atomic E-state index is 0.0638. The monoisotopic (exact) mass is 167 g/mol. The van der Waals surface area contributed by atoms with E-state index in [-0.39, 0.29) is 5.12 Å². The van der Waals surface area contributed by atoms with E-state index in [0.717, 1.165) is 17.6 Å². The summed E-state index contributed by atoms with van der Waals surface area (Å²) in [5.41, 5.74) is 0.952. The normalized spacial score (nSPS) is 9.18. The topological polar surface area (TPSA) is 29.1 Å². The van der Waals surface area contributed by atoms with Crippen molar-refractivity contribution < 1.29 is 4.79 Å². The molecule has 1 aromatic rings. The largest absolute Gasteiger partial charge is 0.323 e. The molecule has 0 heterocycles. The number of hydrogen-bond donors (Lipinski definition) is 1. The number of anilines is 1. The van der Waals surface area contributed by atoms with Gasteiger partial charge >= 0.3 is 0 Å². The number of carbonyl (C=O) groups is 1. The van der Waals surface area contributed by atoms with Crippen molar-refractivity contribution in [3.63, 3.8) is 0 Å². The van der Waals surface area contributed by atoms with Gasteiger partial charge in [-0.1, -0.05) is 18.2 Å². The lowest BCUT2D eigenvalue weighted by Crippen LogP contribution is -1.90. The maximum Gasteiger partial charge on any atom is 0.206 e. The highest BCUT2D eigenvalue weighted by atomic mass is 32.2. The molecule has 0 radical (unpaired) electrons. The van der Waals surface area contributed by atoms with Gasteiger partial charge in [-0.2, -0.15) is 0 Å². The fraction of sp³-hybridized carbons (Fsp3) is 0.125. The fourth-order valence-corrected chi connectivity index (χ4v) is 1.03. The molecule has 0 amide bonds. The first-order valence-corrected chi connectivity index (χ1v) is 4.09. The Morgan fingerprint density at radius 1 is 1.36 bits per heavy atom. The smallest absolute Gasteiger partial charge is 0.206 e. The Labute approximate surface area is 70.1 Å². The molecule has 0 aromatic heterocycles. The van der Waals surface area contributed by atoms with Gasteiger partial charge in [0, 0.05) is 24.6 Å². The highest BCUT2D eigenvalue weighted by Gasteiger charge is 1.92. The molecule has 3 heteroatoms. The van der Waals surface area contributed by atoms with Crippen LogP contribution >= 0.6 is 11.9 Å². The summed E-state index contributed by atoms with van der Waals surface area (Å²) in [5.74, 6) is 0. The Morgan fingerprint density at radius 3 is 2.55 bits per heavy atom. The molecule has 0 aliphatic carbocycles. The van der Waals surface area contributed by atoms with Gasteiger partial charge in [-0.3, -0.25) is 4.79 Å². The molecule has 1 aromatic carbocycles. The molecule has 0 aliphatic rings. The number of carbonyl (C=O) groups excluding carboxylic acids is 1. The summed E-state index contributed by atoms with van der Waals surface area (Å²) in [6.45, 7) is 1.53. The molecule has 11 heavy (non-hydrogen) atoms. The number of hydrogen-bond acceptors (Lipinski definition) is 3. The van der Waals surface area contributed by atoms with Gasteiger partial charge in [-0.05, 0) is 12.1 Å². The Balaban J connectivity index is 2.45. The lowest BCUT2D eigenvalue weighted by molar-refractivity contribution is -0.109. The van der Waals surface area contributed by atoms with Crippen LogP contribution in [0.1, 0.15) is 6.92 Å². The Morgan fingerprint density at radius 2 is 2.00 bits per heavy atom. The number of para-hydroxylation sites is 1. The number of benzene rings is 1. The van der Waals surface area contributed by atoms with Crippen LogP contribution in [0.3, 0.4) is 0 Å². The second-order valence-electron chi connectivity index (χ2n) is 2.06. The Bertz CT molecular complexity index is 235. The third-order valence-electron chi connectivity index (χ3n) is 1.09. The van der Waals surface area contributed by atoms with Gasteiger partial charge in [-0.15, -0.1) is 0 Å². The van der Waals surface area contributed by atoms with Gasteiger partial charge in [0.25, 0.3) is 0 Å². The molecule has 58 valence electrons. The summed E-state index contributed by atoms with van der Waals surface area (Å²) in [6.07, 6.45) is 0. The highest BCUT2D eigenvalue weighted by Crippen LogP contribution is 2.11. The van der Waals surface area contributed by atoms with Crippen LogP contribution < -0.4 is 4.72 Å². The second-order valence-corrected chi connectivity index (χ2v) is 3.04. The first-order chi connectivity index (χ1) is 5.29. The van der Waals surface area contributed by atoms with Gasteiger partial charge in [0.2, 0.25) is 5.12 Å². The van der Waals surface area contributed by atoms with Crippen molar-refractivity contribution in [3.05, 3.63) is 30.3 Å². The SMILES string of the molecule is CC(=O)SNc1ccccc1. The van der Waals surface area contributed by atoms with Gasteiger partial charge in [-0.25, -0.2) is 0 Å². The summed E-state index contributed by atoms with van der Waals surface area (Å²) in [5, 5.41) is 0.0638. The van der Waals surface area contributed by atoms with E-state index in [9.17, 15) is 4.79 Å². The Kier molecular flexibility index (Phi) is 2.98. The summed E-state index contributed by atoms with van der Waals surface area (Å²) in [4.78, 5) is 10.5. The molecule has 0 atom stereocenters. The van der Waals surface area contributed by atoms with Crippen molar-refractivity contribution in [2.45, 2.75) is 6.92 Å². The standard InChI is InChI=1S/C8H9NOS/c1-7(10)11-9-8-5-3-2-4-6-8/h2-6,9H,1H3. The minimum atomic E-state index is 0.0638. The Hall–Kier alpha value is -0.960. The van der Waals surface area contributed by atoms with Crippen molar-refractivity contribution in [2.24, 2.45) is 0 Å². The summed E-state index contributed by atoms with van der Waals surface area (Å²) >= 11 is 1.10. The van der Waals surface area contributed by atoms with Crippen LogP contribution in [0.15, 0.2) is 30.3 Å². The average Bonchev–Trinajstić information content (AvgIpc) is 2.03. The first-order valence-electron chi connectivity index (χ1n) is 3.27. The zero-order valence-electron chi connectivity index (χ0n) is 6.20. The first kappa shape index (κ1) is 8.14. The van der Waals surface area contributed by atoms with Crippen LogP contribution in [-0.4, -0.2) is 5.12 Å². The van der Waals surface area contributed by atoms with Gasteiger partial charge < -0.3 is 4.72 Å². The van der Waals surface area contributed by atoms with E-state index in [2.05, 4.69) is 4.72 Å². The van der Waals surface area contributed by atoms with Crippen LogP contribution in [-0.2, 0) is 4.79 Å². The zero-order valence-corrected chi connectivity index (χ0v) is 7.02. The molecule has 0 bridgehead atoms. The molecule has 0 unspecified atom stereocenters. The minimum Gasteiger partial charge on any atom is -0.323 e. The van der Waals surface area contributed by atoms with Gasteiger partial charge in [0.15, 0.2) is 0 Å². The fourth-order valence-electron chi connectivity index (χ4n) is 0.637. The number of rotatable bonds is 2. The highest BCUT2D eigenvalue weighted by molar-refractivity contribution is 8.14. The van der Waals surface area contributed by atoms with Crippen molar-refractivity contribution in [1.29, 1.82) is 0 Å². The summed E-state index contributed by atoms with van der Waals surface area (Å²) in [7, 11) is 0. The van der Waals surface area contributed by atoms with E-state index in [0.29, 0.717) is 0 Å². The quantitative estimate of drug-likeness (QED) is 0.685. The lowest BCUT2D eigenvalue weighted by Gasteiger charge is -1.99. The summed E-state index contributed by atoms with van der Waals surface area (Å²) < 4.78 is 2.91. The van der Waals surface area contributed by atoms with E-state index in [4.69, 9.17) is 0 Å². The third kappa shape index (κ3) is 3.09. The molecule has 0 fully saturated rings. The van der Waals surface area contributed by atoms with Crippen molar-refractivity contribution in [2.75, 3.05) is 4.72 Å². The lowest BCUT2D eigenvalue weighted by atomic mass is 10.3. The van der Waals surface area contributed by atoms with E-state index >= 15 is 0 Å². The van der Waals surface area contributed by atoms with Crippen LogP contribution in [0.5, 0.6) is 0 Å². The van der Waals surface area contributed by atoms with Gasteiger partial charge in [0.05, 0.1) is 0 Å². The maximum atomic E-state index is 10.5. The van der Waals surface area contributed by atoms with Crippen LogP contribution in [0.25, 0.3) is 0 Å². The molecular weight excluding hydrogens is 158 g/mol. The van der Waals surface area contributed by atoms with E-state index < -0.39 is 0 Å². The second kappa shape index (κ2) is 4.03. The maximum absolute atomic E-state index is 10.5. The molecule has 0 saturated heterocycles. The van der Waals surface area contributed by atoms with Crippen molar-refractivity contribution >= 4 is 22.8 Å². The van der Waals surface area contributed by atoms with Crippen LogP contribution in [0.2, 0.25) is 0 Å². The average molecular weight is 167 g/mol. The van der Waals surface area contributed by atoms with Crippen LogP contribution in [0.4, 0.5) is 5.69 Å². The van der Waals surface area contributed by atoms with Crippen molar-refractivity contribution in [1.82, 2.24) is 0 Å². The zero-order chi connectivity index (χ0) is 8.10. The van der Waals surface area contributed by atoms with Crippen molar-refractivity contribution in [3.8, 4) is 0 Å². The van der Waals surface area contributed by atoms with Gasteiger partial charge in [0.1, 0.15) is 0 Å². The molecule has 0 aliphatic heterocycles. The van der Waals surface area contributed by atoms with E-state index in [1.807, 2.05) is 30.3 Å². The molecule has 0 saturated carbocycles. The predicted molar refractivity (Wildman–Crippen MR) is 48.3 cm³/mol. The van der Waals surface area contributed by atoms with E-state index in [1.165, 1.54) is 6.92 Å². The van der Waals surface area contributed by atoms with Crippen LogP contribution in [0, 0.1) is 0 Å². The molecular formula is C8H9NOS. The molecule has 0 spiro atoms. The predicted octanol–water partition coefficient (Wildman–Crippen LogP) is 2.29. The van der Waals surface area contributed by atoms with E-state index in [1.54, 1.807) is 0 Å². The number of nitrogens with one attached hydrogen (secondary N) is 1. The molecule has 1 N–H and O–H groups in total. The molecule has 1 rings (SSSR count). The third-order valence-corrected chi connectivity index (χ3v) is 1.71. The molecule has 2 nitrogen and oxygen atoms in total.